The van der Waals surface area contributed by atoms with Crippen molar-refractivity contribution in [3.63, 3.8) is 0 Å². The summed E-state index contributed by atoms with van der Waals surface area (Å²) in [4.78, 5) is 0. The van der Waals surface area contributed by atoms with E-state index in [2.05, 4.69) is 19.1 Å². The Morgan fingerprint density at radius 2 is 2.00 bits per heavy atom. The van der Waals surface area contributed by atoms with Crippen molar-refractivity contribution in [2.24, 2.45) is 5.73 Å². The minimum Gasteiger partial charge on any atom is -0.487 e. The molecule has 2 N–H and O–H groups in total. The number of hydrogen-bond donors (Lipinski definition) is 1. The molecule has 2 nitrogen and oxygen atoms in total. The molecule has 0 aliphatic rings. The van der Waals surface area contributed by atoms with E-state index in [1.165, 1.54) is 5.56 Å². The van der Waals surface area contributed by atoms with Crippen LogP contribution in [0.4, 0.5) is 0 Å². The molecule has 0 bridgehead atoms. The van der Waals surface area contributed by atoms with Crippen LogP contribution in [0.1, 0.15) is 29.7 Å². The highest BCUT2D eigenvalue weighted by Gasteiger charge is 2.06. The van der Waals surface area contributed by atoms with E-state index in [0.717, 1.165) is 11.1 Å². The summed E-state index contributed by atoms with van der Waals surface area (Å²) < 4.78 is 5.74. The summed E-state index contributed by atoms with van der Waals surface area (Å²) in [5, 5.41) is 0.599. The normalized spacial score (nSPS) is 12.2. The van der Waals surface area contributed by atoms with Gasteiger partial charge in [0.25, 0.3) is 0 Å². The Balaban J connectivity index is 2.07. The van der Waals surface area contributed by atoms with E-state index >= 15 is 0 Å². The Bertz CT molecular complexity index is 566. The average Bonchev–Trinajstić information content (AvgIpc) is 2.37. The van der Waals surface area contributed by atoms with Crippen molar-refractivity contribution >= 4 is 11.6 Å². The minimum absolute atomic E-state index is 0.0247. The maximum Gasteiger partial charge on any atom is 0.138 e. The summed E-state index contributed by atoms with van der Waals surface area (Å²) in [5.74, 6) is 0.688. The quantitative estimate of drug-likeness (QED) is 0.905. The third-order valence-corrected chi connectivity index (χ3v) is 3.25. The molecule has 2 aromatic rings. The van der Waals surface area contributed by atoms with Crippen LogP contribution < -0.4 is 10.5 Å². The maximum absolute atomic E-state index is 6.19. The van der Waals surface area contributed by atoms with Gasteiger partial charge in [0.05, 0.1) is 5.02 Å². The smallest absolute Gasteiger partial charge is 0.138 e. The lowest BCUT2D eigenvalue weighted by molar-refractivity contribution is 0.306. The third-order valence-electron chi connectivity index (χ3n) is 2.96. The number of aryl methyl sites for hydroxylation is 1. The van der Waals surface area contributed by atoms with Gasteiger partial charge in [-0.2, -0.15) is 0 Å². The molecule has 3 heteroatoms. The number of rotatable bonds is 4. The predicted molar refractivity (Wildman–Crippen MR) is 79.6 cm³/mol. The molecular formula is C16H18ClNO. The standard InChI is InChI=1S/C16H18ClNO/c1-11-4-3-5-13(8-11)10-19-16-7-6-14(12(2)18)9-15(16)17/h3-9,12H,10,18H2,1-2H3. The third kappa shape index (κ3) is 3.72. The maximum atomic E-state index is 6.19. The Morgan fingerprint density at radius 3 is 2.63 bits per heavy atom. The second kappa shape index (κ2) is 6.09. The molecule has 0 aliphatic heterocycles. The fourth-order valence-corrected chi connectivity index (χ4v) is 2.12. The summed E-state index contributed by atoms with van der Waals surface area (Å²) in [6.07, 6.45) is 0. The van der Waals surface area contributed by atoms with Crippen LogP contribution in [-0.2, 0) is 6.61 Å². The molecule has 2 aromatic carbocycles. The van der Waals surface area contributed by atoms with Gasteiger partial charge in [-0.1, -0.05) is 47.5 Å². The second-order valence-electron chi connectivity index (χ2n) is 4.76. The molecule has 0 saturated carbocycles. The topological polar surface area (TPSA) is 35.2 Å². The number of halogens is 1. The van der Waals surface area contributed by atoms with Gasteiger partial charge in [0.1, 0.15) is 12.4 Å². The molecule has 0 radical (unpaired) electrons. The van der Waals surface area contributed by atoms with Gasteiger partial charge in [0.15, 0.2) is 0 Å². The number of ether oxygens (including phenoxy) is 1. The monoisotopic (exact) mass is 275 g/mol. The first-order chi connectivity index (χ1) is 9.06. The van der Waals surface area contributed by atoms with Gasteiger partial charge in [0.2, 0.25) is 0 Å². The van der Waals surface area contributed by atoms with Gasteiger partial charge in [-0.3, -0.25) is 0 Å². The zero-order valence-electron chi connectivity index (χ0n) is 11.2. The van der Waals surface area contributed by atoms with Crippen LogP contribution in [0.3, 0.4) is 0 Å². The zero-order valence-corrected chi connectivity index (χ0v) is 11.9. The summed E-state index contributed by atoms with van der Waals surface area (Å²) in [6.45, 7) is 4.51. The molecule has 0 heterocycles. The van der Waals surface area contributed by atoms with E-state index in [4.69, 9.17) is 22.1 Å². The van der Waals surface area contributed by atoms with Crippen molar-refractivity contribution in [2.75, 3.05) is 0 Å². The number of hydrogen-bond acceptors (Lipinski definition) is 2. The molecule has 2 rings (SSSR count). The summed E-state index contributed by atoms with van der Waals surface area (Å²) in [7, 11) is 0. The van der Waals surface area contributed by atoms with Crippen molar-refractivity contribution < 1.29 is 4.74 Å². The summed E-state index contributed by atoms with van der Waals surface area (Å²) >= 11 is 6.19. The Hall–Kier alpha value is -1.51. The van der Waals surface area contributed by atoms with Gasteiger partial charge >= 0.3 is 0 Å². The van der Waals surface area contributed by atoms with Gasteiger partial charge in [-0.15, -0.1) is 0 Å². The lowest BCUT2D eigenvalue weighted by Crippen LogP contribution is -2.05. The lowest BCUT2D eigenvalue weighted by atomic mass is 10.1. The molecule has 0 aliphatic carbocycles. The fraction of sp³-hybridized carbons (Fsp3) is 0.250. The number of benzene rings is 2. The molecule has 0 saturated heterocycles. The predicted octanol–water partition coefficient (Wildman–Crippen LogP) is 4.25. The van der Waals surface area contributed by atoms with E-state index in [0.29, 0.717) is 17.4 Å². The Kier molecular flexibility index (Phi) is 4.46. The average molecular weight is 276 g/mol. The molecule has 0 aromatic heterocycles. The van der Waals surface area contributed by atoms with Crippen LogP contribution in [0.15, 0.2) is 42.5 Å². The summed E-state index contributed by atoms with van der Waals surface area (Å²) in [5.41, 5.74) is 9.18. The second-order valence-corrected chi connectivity index (χ2v) is 5.16. The zero-order chi connectivity index (χ0) is 13.8. The highest BCUT2D eigenvalue weighted by Crippen LogP contribution is 2.28. The van der Waals surface area contributed by atoms with Crippen LogP contribution in [0, 0.1) is 6.92 Å². The van der Waals surface area contributed by atoms with E-state index in [1.54, 1.807) is 0 Å². The van der Waals surface area contributed by atoms with Crippen LogP contribution in [0.5, 0.6) is 5.75 Å². The van der Waals surface area contributed by atoms with Gasteiger partial charge in [0, 0.05) is 6.04 Å². The highest BCUT2D eigenvalue weighted by atomic mass is 35.5. The molecule has 0 amide bonds. The van der Waals surface area contributed by atoms with E-state index in [1.807, 2.05) is 37.3 Å². The molecule has 0 fully saturated rings. The Morgan fingerprint density at radius 1 is 1.21 bits per heavy atom. The van der Waals surface area contributed by atoms with E-state index in [9.17, 15) is 0 Å². The van der Waals surface area contributed by atoms with Gasteiger partial charge in [-0.05, 0) is 37.1 Å². The molecule has 100 valence electrons. The molecular weight excluding hydrogens is 258 g/mol. The van der Waals surface area contributed by atoms with Crippen LogP contribution >= 0.6 is 11.6 Å². The van der Waals surface area contributed by atoms with Crippen LogP contribution in [-0.4, -0.2) is 0 Å². The highest BCUT2D eigenvalue weighted by molar-refractivity contribution is 6.32. The first-order valence-corrected chi connectivity index (χ1v) is 6.67. The van der Waals surface area contributed by atoms with Crippen LogP contribution in [0.2, 0.25) is 5.02 Å². The fourth-order valence-electron chi connectivity index (χ4n) is 1.88. The van der Waals surface area contributed by atoms with Crippen LogP contribution in [0.25, 0.3) is 0 Å². The van der Waals surface area contributed by atoms with Gasteiger partial charge in [-0.25, -0.2) is 0 Å². The van der Waals surface area contributed by atoms with Crippen molar-refractivity contribution in [1.82, 2.24) is 0 Å². The minimum atomic E-state index is -0.0247. The van der Waals surface area contributed by atoms with Gasteiger partial charge < -0.3 is 10.5 Å². The van der Waals surface area contributed by atoms with Crippen molar-refractivity contribution in [2.45, 2.75) is 26.5 Å². The molecule has 0 spiro atoms. The molecule has 1 atom stereocenters. The van der Waals surface area contributed by atoms with Crippen molar-refractivity contribution in [3.8, 4) is 5.75 Å². The first-order valence-electron chi connectivity index (χ1n) is 6.29. The summed E-state index contributed by atoms with van der Waals surface area (Å²) in [6, 6.07) is 13.9. The SMILES string of the molecule is Cc1cccc(COc2ccc(C(C)N)cc2Cl)c1. The van der Waals surface area contributed by atoms with Crippen molar-refractivity contribution in [1.29, 1.82) is 0 Å². The lowest BCUT2D eigenvalue weighted by Gasteiger charge is -2.11. The molecule has 1 unspecified atom stereocenters. The van der Waals surface area contributed by atoms with Crippen molar-refractivity contribution in [3.05, 3.63) is 64.2 Å². The largest absolute Gasteiger partial charge is 0.487 e. The molecule has 19 heavy (non-hydrogen) atoms. The van der Waals surface area contributed by atoms with E-state index < -0.39 is 0 Å². The van der Waals surface area contributed by atoms with E-state index in [-0.39, 0.29) is 6.04 Å². The first kappa shape index (κ1) is 13.9. The number of nitrogens with two attached hydrogens (primary N) is 1. The Labute approximate surface area is 119 Å².